The minimum absolute atomic E-state index is 0.0480. The van der Waals surface area contributed by atoms with Crippen LogP contribution in [0.2, 0.25) is 0 Å². The van der Waals surface area contributed by atoms with Crippen molar-refractivity contribution in [3.63, 3.8) is 0 Å². The Labute approximate surface area is 112 Å². The van der Waals surface area contributed by atoms with Gasteiger partial charge in [0.2, 0.25) is 5.91 Å². The van der Waals surface area contributed by atoms with Gasteiger partial charge in [-0.15, -0.1) is 0 Å². The number of piperazine rings is 1. The van der Waals surface area contributed by atoms with Gasteiger partial charge in [0.05, 0.1) is 0 Å². The van der Waals surface area contributed by atoms with Gasteiger partial charge in [-0.05, 0) is 18.8 Å². The number of nitrogens with zero attached hydrogens (tertiary/aromatic N) is 1. The van der Waals surface area contributed by atoms with Crippen LogP contribution in [-0.2, 0) is 9.59 Å². The molecule has 0 spiro atoms. The first-order valence-electron chi connectivity index (χ1n) is 6.45. The summed E-state index contributed by atoms with van der Waals surface area (Å²) >= 11 is 0. The van der Waals surface area contributed by atoms with E-state index in [-0.39, 0.29) is 19.0 Å². The number of amides is 3. The van der Waals surface area contributed by atoms with E-state index in [1.54, 1.807) is 0 Å². The van der Waals surface area contributed by atoms with E-state index >= 15 is 0 Å². The molecule has 3 N–H and O–H groups in total. The van der Waals surface area contributed by atoms with Crippen molar-refractivity contribution in [2.24, 2.45) is 5.92 Å². The second-order valence-corrected chi connectivity index (χ2v) is 5.05. The summed E-state index contributed by atoms with van der Waals surface area (Å²) in [5.74, 6) is -0.892. The average Bonchev–Trinajstić information content (AvgIpc) is 2.33. The number of urea groups is 1. The quantitative estimate of drug-likeness (QED) is 0.614. The molecule has 0 radical (unpaired) electrons. The van der Waals surface area contributed by atoms with Crippen molar-refractivity contribution in [2.45, 2.75) is 32.7 Å². The van der Waals surface area contributed by atoms with Crippen LogP contribution in [0.1, 0.15) is 26.7 Å². The highest BCUT2D eigenvalue weighted by molar-refractivity contribution is 5.90. The summed E-state index contributed by atoms with van der Waals surface area (Å²) in [6.07, 6.45) is 1.82. The number of carboxylic acid groups (broad SMARTS) is 1. The van der Waals surface area contributed by atoms with Crippen LogP contribution in [0, 0.1) is 5.92 Å². The monoisotopic (exact) mass is 271 g/mol. The smallest absolute Gasteiger partial charge is 0.328 e. The molecule has 7 heteroatoms. The van der Waals surface area contributed by atoms with Crippen LogP contribution in [0.4, 0.5) is 4.79 Å². The Morgan fingerprint density at radius 1 is 1.53 bits per heavy atom. The standard InChI is InChI=1S/C12H21N3O4/c1-8(2)4-3-5-13-12(19)15-7-10(16)14-6-9(15)11(17)18/h8-9H,3-7H2,1-2H3,(H,13,19)(H,14,16)(H,17,18). The second-order valence-electron chi connectivity index (χ2n) is 5.05. The average molecular weight is 271 g/mol. The second kappa shape index (κ2) is 6.96. The molecule has 0 aliphatic carbocycles. The van der Waals surface area contributed by atoms with Crippen molar-refractivity contribution in [1.29, 1.82) is 0 Å². The summed E-state index contributed by atoms with van der Waals surface area (Å²) in [7, 11) is 0. The van der Waals surface area contributed by atoms with Crippen molar-refractivity contribution in [1.82, 2.24) is 15.5 Å². The van der Waals surface area contributed by atoms with Crippen molar-refractivity contribution >= 4 is 17.9 Å². The van der Waals surface area contributed by atoms with E-state index in [0.29, 0.717) is 12.5 Å². The summed E-state index contributed by atoms with van der Waals surface area (Å²) < 4.78 is 0. The molecule has 7 nitrogen and oxygen atoms in total. The van der Waals surface area contributed by atoms with Gasteiger partial charge in [0.25, 0.3) is 0 Å². The Balaban J connectivity index is 2.47. The molecular weight excluding hydrogens is 250 g/mol. The Morgan fingerprint density at radius 2 is 2.21 bits per heavy atom. The lowest BCUT2D eigenvalue weighted by molar-refractivity contribution is -0.144. The number of nitrogens with one attached hydrogen (secondary N) is 2. The number of hydrogen-bond acceptors (Lipinski definition) is 3. The topological polar surface area (TPSA) is 98.7 Å². The molecule has 1 aliphatic heterocycles. The zero-order valence-electron chi connectivity index (χ0n) is 11.3. The van der Waals surface area contributed by atoms with E-state index < -0.39 is 18.0 Å². The van der Waals surface area contributed by atoms with Crippen LogP contribution in [0.3, 0.4) is 0 Å². The third-order valence-corrected chi connectivity index (χ3v) is 2.96. The lowest BCUT2D eigenvalue weighted by Gasteiger charge is -2.32. The number of hydrogen-bond donors (Lipinski definition) is 3. The Bertz CT molecular complexity index is 357. The molecule has 1 fully saturated rings. The Kier molecular flexibility index (Phi) is 5.59. The van der Waals surface area contributed by atoms with E-state index in [1.807, 2.05) is 0 Å². The van der Waals surface area contributed by atoms with Gasteiger partial charge in [0.1, 0.15) is 12.6 Å². The molecular formula is C12H21N3O4. The van der Waals surface area contributed by atoms with Crippen molar-refractivity contribution < 1.29 is 19.5 Å². The summed E-state index contributed by atoms with van der Waals surface area (Å²) in [6.45, 7) is 4.41. The summed E-state index contributed by atoms with van der Waals surface area (Å²) in [5.41, 5.74) is 0. The van der Waals surface area contributed by atoms with E-state index in [0.717, 1.165) is 17.7 Å². The lowest BCUT2D eigenvalue weighted by atomic mass is 10.1. The molecule has 19 heavy (non-hydrogen) atoms. The normalized spacial score (nSPS) is 19.2. The molecule has 0 aromatic heterocycles. The number of rotatable bonds is 5. The SMILES string of the molecule is CC(C)CCCNC(=O)N1CC(=O)NCC1C(=O)O. The van der Waals surface area contributed by atoms with E-state index in [4.69, 9.17) is 5.11 Å². The van der Waals surface area contributed by atoms with Gasteiger partial charge in [-0.3, -0.25) is 9.69 Å². The summed E-state index contributed by atoms with van der Waals surface area (Å²) in [6, 6.07) is -1.49. The third kappa shape index (κ3) is 4.76. The summed E-state index contributed by atoms with van der Waals surface area (Å²) in [5, 5.41) is 14.1. The minimum atomic E-state index is -1.11. The third-order valence-electron chi connectivity index (χ3n) is 2.96. The lowest BCUT2D eigenvalue weighted by Crippen LogP contribution is -2.61. The molecule has 0 saturated carbocycles. The first kappa shape index (κ1) is 15.3. The number of carboxylic acids is 1. The van der Waals surface area contributed by atoms with E-state index in [1.165, 1.54) is 0 Å². The molecule has 0 aromatic carbocycles. The Morgan fingerprint density at radius 3 is 2.79 bits per heavy atom. The largest absolute Gasteiger partial charge is 0.480 e. The highest BCUT2D eigenvalue weighted by atomic mass is 16.4. The van der Waals surface area contributed by atoms with Crippen LogP contribution >= 0.6 is 0 Å². The van der Waals surface area contributed by atoms with Gasteiger partial charge in [-0.1, -0.05) is 13.8 Å². The first-order valence-corrected chi connectivity index (χ1v) is 6.45. The van der Waals surface area contributed by atoms with Gasteiger partial charge in [0.15, 0.2) is 0 Å². The van der Waals surface area contributed by atoms with Crippen molar-refractivity contribution in [2.75, 3.05) is 19.6 Å². The van der Waals surface area contributed by atoms with Crippen LogP contribution in [-0.4, -0.2) is 53.6 Å². The predicted octanol–water partition coefficient (Wildman–Crippen LogP) is 0.0172. The highest BCUT2D eigenvalue weighted by Crippen LogP contribution is 2.06. The molecule has 1 atom stereocenters. The van der Waals surface area contributed by atoms with Crippen LogP contribution < -0.4 is 10.6 Å². The van der Waals surface area contributed by atoms with E-state index in [2.05, 4.69) is 24.5 Å². The van der Waals surface area contributed by atoms with Crippen LogP contribution in [0.5, 0.6) is 0 Å². The van der Waals surface area contributed by atoms with Gasteiger partial charge < -0.3 is 15.7 Å². The fraction of sp³-hybridized carbons (Fsp3) is 0.750. The first-order chi connectivity index (χ1) is 8.91. The maximum atomic E-state index is 11.9. The Hall–Kier alpha value is -1.79. The zero-order valence-corrected chi connectivity index (χ0v) is 11.3. The van der Waals surface area contributed by atoms with Gasteiger partial charge in [-0.25, -0.2) is 9.59 Å². The molecule has 0 bridgehead atoms. The molecule has 1 aliphatic rings. The fourth-order valence-corrected chi connectivity index (χ4v) is 1.88. The molecule has 1 unspecified atom stereocenters. The van der Waals surface area contributed by atoms with Crippen molar-refractivity contribution in [3.05, 3.63) is 0 Å². The van der Waals surface area contributed by atoms with Gasteiger partial charge in [-0.2, -0.15) is 0 Å². The molecule has 3 amide bonds. The van der Waals surface area contributed by atoms with Crippen LogP contribution in [0.25, 0.3) is 0 Å². The van der Waals surface area contributed by atoms with E-state index in [9.17, 15) is 14.4 Å². The summed E-state index contributed by atoms with van der Waals surface area (Å²) in [4.78, 5) is 35.2. The maximum absolute atomic E-state index is 11.9. The highest BCUT2D eigenvalue weighted by Gasteiger charge is 2.34. The van der Waals surface area contributed by atoms with Crippen molar-refractivity contribution in [3.8, 4) is 0 Å². The molecule has 1 heterocycles. The van der Waals surface area contributed by atoms with Crippen LogP contribution in [0.15, 0.2) is 0 Å². The number of aliphatic carboxylic acids is 1. The molecule has 0 aromatic rings. The zero-order chi connectivity index (χ0) is 14.4. The van der Waals surface area contributed by atoms with Gasteiger partial charge >= 0.3 is 12.0 Å². The van der Waals surface area contributed by atoms with Gasteiger partial charge in [0, 0.05) is 13.1 Å². The molecule has 1 rings (SSSR count). The fourth-order valence-electron chi connectivity index (χ4n) is 1.88. The predicted molar refractivity (Wildman–Crippen MR) is 68.6 cm³/mol. The molecule has 108 valence electrons. The molecule has 1 saturated heterocycles. The number of carbonyl (C=O) groups is 3. The maximum Gasteiger partial charge on any atom is 0.328 e. The number of carbonyl (C=O) groups excluding carboxylic acids is 2. The minimum Gasteiger partial charge on any atom is -0.480 e.